The van der Waals surface area contributed by atoms with Crippen LogP contribution in [0.4, 0.5) is 5.69 Å². The number of carbonyl (C=O) groups is 1. The molecule has 2 aromatic carbocycles. The van der Waals surface area contributed by atoms with Crippen LogP contribution >= 0.6 is 0 Å². The summed E-state index contributed by atoms with van der Waals surface area (Å²) in [6.07, 6.45) is 0. The summed E-state index contributed by atoms with van der Waals surface area (Å²) in [5, 5.41) is 3.13. The second kappa shape index (κ2) is 9.02. The number of nitrogens with one attached hydrogen (secondary N) is 1. The van der Waals surface area contributed by atoms with Crippen LogP contribution in [0.1, 0.15) is 27.5 Å². The molecule has 27 heavy (non-hydrogen) atoms. The fraction of sp³-hybridized carbons (Fsp3) is 0.409. The number of rotatable bonds is 6. The van der Waals surface area contributed by atoms with Crippen molar-refractivity contribution in [3.05, 3.63) is 65.2 Å². The molecule has 1 amide bonds. The number of hydrogen-bond donors (Lipinski definition) is 1. The van der Waals surface area contributed by atoms with Crippen LogP contribution in [-0.2, 0) is 4.74 Å². The number of anilines is 1. The van der Waals surface area contributed by atoms with E-state index in [2.05, 4.69) is 41.4 Å². The number of carbonyl (C=O) groups excluding carboxylic acids is 1. The van der Waals surface area contributed by atoms with Crippen molar-refractivity contribution in [1.82, 2.24) is 10.2 Å². The molecule has 3 rings (SSSR count). The van der Waals surface area contributed by atoms with E-state index in [1.54, 1.807) is 0 Å². The third-order valence-electron chi connectivity index (χ3n) is 5.02. The van der Waals surface area contributed by atoms with Gasteiger partial charge in [0.1, 0.15) is 0 Å². The predicted octanol–water partition coefficient (Wildman–Crippen LogP) is 2.86. The van der Waals surface area contributed by atoms with Crippen LogP contribution in [0.2, 0.25) is 0 Å². The maximum atomic E-state index is 12.6. The number of aryl methyl sites for hydroxylation is 1. The third-order valence-corrected chi connectivity index (χ3v) is 5.02. The first-order valence-electron chi connectivity index (χ1n) is 9.48. The third kappa shape index (κ3) is 5.08. The molecule has 0 bridgehead atoms. The smallest absolute Gasteiger partial charge is 0.251 e. The van der Waals surface area contributed by atoms with E-state index >= 15 is 0 Å². The average Bonchev–Trinajstić information content (AvgIpc) is 2.69. The number of amides is 1. The SMILES string of the molecule is Cc1cccc(C(CNC(=O)c2ccc(N(C)C)cc2)N2CCOCC2)c1. The van der Waals surface area contributed by atoms with Gasteiger partial charge in [0.15, 0.2) is 0 Å². The summed E-state index contributed by atoms with van der Waals surface area (Å²) in [6.45, 7) is 5.92. The molecule has 0 spiro atoms. The molecule has 1 saturated heterocycles. The summed E-state index contributed by atoms with van der Waals surface area (Å²) in [4.78, 5) is 17.1. The monoisotopic (exact) mass is 367 g/mol. The quantitative estimate of drug-likeness (QED) is 0.853. The zero-order valence-corrected chi connectivity index (χ0v) is 16.4. The van der Waals surface area contributed by atoms with Crippen molar-refractivity contribution in [2.75, 3.05) is 51.8 Å². The fourth-order valence-electron chi connectivity index (χ4n) is 3.43. The van der Waals surface area contributed by atoms with E-state index < -0.39 is 0 Å². The summed E-state index contributed by atoms with van der Waals surface area (Å²) in [5.74, 6) is -0.0359. The van der Waals surface area contributed by atoms with Crippen LogP contribution in [0.5, 0.6) is 0 Å². The Morgan fingerprint density at radius 1 is 1.15 bits per heavy atom. The lowest BCUT2D eigenvalue weighted by molar-refractivity contribution is 0.0162. The zero-order chi connectivity index (χ0) is 19.2. The molecular weight excluding hydrogens is 338 g/mol. The van der Waals surface area contributed by atoms with Gasteiger partial charge < -0.3 is 15.0 Å². The Hall–Kier alpha value is -2.37. The van der Waals surface area contributed by atoms with E-state index in [-0.39, 0.29) is 11.9 Å². The summed E-state index contributed by atoms with van der Waals surface area (Å²) >= 11 is 0. The molecule has 1 N–H and O–H groups in total. The van der Waals surface area contributed by atoms with Crippen LogP contribution in [0.15, 0.2) is 48.5 Å². The van der Waals surface area contributed by atoms with Crippen molar-refractivity contribution < 1.29 is 9.53 Å². The molecule has 0 aliphatic carbocycles. The maximum absolute atomic E-state index is 12.6. The van der Waals surface area contributed by atoms with Crippen LogP contribution in [0.25, 0.3) is 0 Å². The minimum Gasteiger partial charge on any atom is -0.379 e. The molecule has 1 aliphatic heterocycles. The van der Waals surface area contributed by atoms with Gasteiger partial charge >= 0.3 is 0 Å². The molecule has 1 atom stereocenters. The van der Waals surface area contributed by atoms with Gasteiger partial charge in [-0.25, -0.2) is 0 Å². The Labute approximate surface area is 161 Å². The highest BCUT2D eigenvalue weighted by atomic mass is 16.5. The standard InChI is InChI=1S/C22H29N3O2/c1-17-5-4-6-19(15-17)21(25-11-13-27-14-12-25)16-23-22(26)18-7-9-20(10-8-18)24(2)3/h4-10,15,21H,11-14,16H2,1-3H3,(H,23,26). The topological polar surface area (TPSA) is 44.8 Å². The van der Waals surface area contributed by atoms with Gasteiger partial charge in [-0.05, 0) is 36.8 Å². The molecule has 5 nitrogen and oxygen atoms in total. The fourth-order valence-corrected chi connectivity index (χ4v) is 3.43. The Bertz CT molecular complexity index is 752. The Balaban J connectivity index is 1.70. The van der Waals surface area contributed by atoms with Crippen LogP contribution in [0.3, 0.4) is 0 Å². The molecule has 0 radical (unpaired) electrons. The van der Waals surface area contributed by atoms with Gasteiger partial charge in [-0.15, -0.1) is 0 Å². The van der Waals surface area contributed by atoms with Crippen LogP contribution in [0, 0.1) is 6.92 Å². The molecule has 0 aromatic heterocycles. The van der Waals surface area contributed by atoms with Gasteiger partial charge in [0.2, 0.25) is 0 Å². The first kappa shape index (κ1) is 19.4. The van der Waals surface area contributed by atoms with Crippen molar-refractivity contribution in [1.29, 1.82) is 0 Å². The normalized spacial score (nSPS) is 16.0. The lowest BCUT2D eigenvalue weighted by Crippen LogP contribution is -2.43. The van der Waals surface area contributed by atoms with Crippen molar-refractivity contribution in [2.45, 2.75) is 13.0 Å². The van der Waals surface area contributed by atoms with Gasteiger partial charge in [0, 0.05) is 45.0 Å². The Morgan fingerprint density at radius 3 is 2.48 bits per heavy atom. The average molecular weight is 367 g/mol. The minimum atomic E-state index is -0.0359. The molecule has 5 heteroatoms. The van der Waals surface area contributed by atoms with Crippen LogP contribution in [-0.4, -0.2) is 57.8 Å². The Kier molecular flexibility index (Phi) is 6.48. The van der Waals surface area contributed by atoms with E-state index in [4.69, 9.17) is 4.74 Å². The predicted molar refractivity (Wildman–Crippen MR) is 109 cm³/mol. The van der Waals surface area contributed by atoms with Gasteiger partial charge in [-0.2, -0.15) is 0 Å². The molecule has 144 valence electrons. The lowest BCUT2D eigenvalue weighted by Gasteiger charge is -2.35. The van der Waals surface area contributed by atoms with E-state index in [0.29, 0.717) is 12.1 Å². The molecule has 0 saturated carbocycles. The summed E-state index contributed by atoms with van der Waals surface area (Å²) in [7, 11) is 3.98. The lowest BCUT2D eigenvalue weighted by atomic mass is 10.0. The first-order valence-corrected chi connectivity index (χ1v) is 9.48. The highest BCUT2D eigenvalue weighted by molar-refractivity contribution is 5.94. The highest BCUT2D eigenvalue weighted by Gasteiger charge is 2.23. The minimum absolute atomic E-state index is 0.0359. The molecular formula is C22H29N3O2. The number of nitrogens with zero attached hydrogens (tertiary/aromatic N) is 2. The maximum Gasteiger partial charge on any atom is 0.251 e. The second-order valence-corrected chi connectivity index (χ2v) is 7.23. The van der Waals surface area contributed by atoms with Crippen molar-refractivity contribution >= 4 is 11.6 Å². The van der Waals surface area contributed by atoms with Gasteiger partial charge in [-0.3, -0.25) is 9.69 Å². The summed E-state index contributed by atoms with van der Waals surface area (Å²) < 4.78 is 5.50. The first-order chi connectivity index (χ1) is 13.0. The van der Waals surface area contributed by atoms with Crippen molar-refractivity contribution in [3.8, 4) is 0 Å². The van der Waals surface area contributed by atoms with E-state index in [0.717, 1.165) is 32.0 Å². The van der Waals surface area contributed by atoms with Gasteiger partial charge in [0.05, 0.1) is 19.3 Å². The number of hydrogen-bond acceptors (Lipinski definition) is 4. The van der Waals surface area contributed by atoms with Crippen LogP contribution < -0.4 is 10.2 Å². The Morgan fingerprint density at radius 2 is 1.85 bits per heavy atom. The van der Waals surface area contributed by atoms with Gasteiger partial charge in [0.25, 0.3) is 5.91 Å². The molecule has 1 fully saturated rings. The summed E-state index contributed by atoms with van der Waals surface area (Å²) in [6, 6.07) is 16.4. The van der Waals surface area contributed by atoms with Gasteiger partial charge in [-0.1, -0.05) is 29.8 Å². The molecule has 1 heterocycles. The number of ether oxygens (including phenoxy) is 1. The number of benzene rings is 2. The largest absolute Gasteiger partial charge is 0.379 e. The highest BCUT2D eigenvalue weighted by Crippen LogP contribution is 2.22. The molecule has 1 unspecified atom stereocenters. The zero-order valence-electron chi connectivity index (χ0n) is 16.4. The van der Waals surface area contributed by atoms with E-state index in [1.807, 2.05) is 43.3 Å². The van der Waals surface area contributed by atoms with E-state index in [1.165, 1.54) is 11.1 Å². The molecule has 1 aliphatic rings. The van der Waals surface area contributed by atoms with Crippen molar-refractivity contribution in [3.63, 3.8) is 0 Å². The summed E-state index contributed by atoms with van der Waals surface area (Å²) in [5.41, 5.74) is 4.24. The number of morpholine rings is 1. The van der Waals surface area contributed by atoms with E-state index in [9.17, 15) is 4.79 Å². The van der Waals surface area contributed by atoms with Crippen molar-refractivity contribution in [2.24, 2.45) is 0 Å². The molecule has 2 aromatic rings. The second-order valence-electron chi connectivity index (χ2n) is 7.23.